The number of benzene rings is 2. The van der Waals surface area contributed by atoms with Gasteiger partial charge in [-0.25, -0.2) is 4.68 Å². The normalized spacial score (nSPS) is 17.2. The Bertz CT molecular complexity index is 1130. The van der Waals surface area contributed by atoms with Crippen molar-refractivity contribution in [3.8, 4) is 28.4 Å². The summed E-state index contributed by atoms with van der Waals surface area (Å²) >= 11 is 0. The Morgan fingerprint density at radius 1 is 1.00 bits per heavy atom. The van der Waals surface area contributed by atoms with Gasteiger partial charge in [0.25, 0.3) is 5.91 Å². The molecule has 0 saturated carbocycles. The van der Waals surface area contributed by atoms with E-state index >= 15 is 0 Å². The molecule has 178 valence electrons. The van der Waals surface area contributed by atoms with Gasteiger partial charge in [0.05, 0.1) is 38.7 Å². The molecule has 1 aromatic heterocycles. The molecule has 0 aliphatic carbocycles. The number of para-hydroxylation sites is 1. The molecule has 2 aromatic carbocycles. The van der Waals surface area contributed by atoms with Gasteiger partial charge in [0.1, 0.15) is 17.2 Å². The van der Waals surface area contributed by atoms with E-state index in [4.69, 9.17) is 24.0 Å². The van der Waals surface area contributed by atoms with Crippen molar-refractivity contribution in [2.45, 2.75) is 19.1 Å². The molecular weight excluding hydrogens is 434 g/mol. The Morgan fingerprint density at radius 2 is 1.74 bits per heavy atom. The summed E-state index contributed by atoms with van der Waals surface area (Å²) in [6.07, 6.45) is 3.36. The number of nitrogens with zero attached hydrogens (tertiary/aromatic N) is 3. The van der Waals surface area contributed by atoms with E-state index < -0.39 is 0 Å². The van der Waals surface area contributed by atoms with E-state index in [1.807, 2.05) is 53.4 Å². The molecule has 2 fully saturated rings. The lowest BCUT2D eigenvalue weighted by Crippen LogP contribution is -2.41. The second-order valence-corrected chi connectivity index (χ2v) is 8.48. The van der Waals surface area contributed by atoms with Gasteiger partial charge in [-0.1, -0.05) is 18.2 Å². The number of hydrogen-bond acceptors (Lipinski definition) is 6. The van der Waals surface area contributed by atoms with Crippen LogP contribution >= 0.6 is 0 Å². The highest BCUT2D eigenvalue weighted by Crippen LogP contribution is 2.36. The number of carbonyl (C=O) groups excluding carboxylic acids is 1. The molecule has 2 aliphatic rings. The highest BCUT2D eigenvalue weighted by Gasteiger charge is 2.33. The summed E-state index contributed by atoms with van der Waals surface area (Å²) in [6, 6.07) is 15.3. The minimum Gasteiger partial charge on any atom is -0.497 e. The minimum absolute atomic E-state index is 0.0474. The summed E-state index contributed by atoms with van der Waals surface area (Å²) in [6.45, 7) is 2.60. The quantitative estimate of drug-likeness (QED) is 0.554. The molecular formula is C26H29N3O5. The number of carbonyl (C=O) groups is 1. The maximum absolute atomic E-state index is 13.8. The van der Waals surface area contributed by atoms with Crippen LogP contribution in [0.2, 0.25) is 0 Å². The molecule has 1 amide bonds. The molecule has 8 heteroatoms. The third-order valence-electron chi connectivity index (χ3n) is 6.49. The number of methoxy groups -OCH3 is 2. The van der Waals surface area contributed by atoms with Crippen molar-refractivity contribution in [2.24, 2.45) is 5.92 Å². The fourth-order valence-corrected chi connectivity index (χ4v) is 4.64. The summed E-state index contributed by atoms with van der Waals surface area (Å²) in [5.74, 6) is 1.56. The molecule has 0 radical (unpaired) electrons. The summed E-state index contributed by atoms with van der Waals surface area (Å²) in [7, 11) is 3.22. The van der Waals surface area contributed by atoms with Crippen molar-refractivity contribution in [1.29, 1.82) is 0 Å². The van der Waals surface area contributed by atoms with E-state index in [9.17, 15) is 4.79 Å². The first kappa shape index (κ1) is 22.4. The Kier molecular flexibility index (Phi) is 6.51. The molecule has 0 unspecified atom stereocenters. The van der Waals surface area contributed by atoms with Crippen molar-refractivity contribution < 1.29 is 23.7 Å². The van der Waals surface area contributed by atoms with Gasteiger partial charge in [0.15, 0.2) is 6.29 Å². The Morgan fingerprint density at radius 3 is 2.41 bits per heavy atom. The fourth-order valence-electron chi connectivity index (χ4n) is 4.64. The van der Waals surface area contributed by atoms with Gasteiger partial charge in [-0.15, -0.1) is 0 Å². The van der Waals surface area contributed by atoms with Gasteiger partial charge in [0.2, 0.25) is 0 Å². The number of rotatable bonds is 6. The maximum atomic E-state index is 13.8. The minimum atomic E-state index is -0.144. The van der Waals surface area contributed by atoms with Gasteiger partial charge in [-0.3, -0.25) is 4.79 Å². The molecule has 5 rings (SSSR count). The molecule has 0 N–H and O–H groups in total. The first-order chi connectivity index (χ1) is 16.7. The van der Waals surface area contributed by atoms with Crippen molar-refractivity contribution in [3.63, 3.8) is 0 Å². The zero-order chi connectivity index (χ0) is 23.5. The molecule has 8 nitrogen and oxygen atoms in total. The first-order valence-corrected chi connectivity index (χ1v) is 11.6. The van der Waals surface area contributed by atoms with Crippen LogP contribution in [0.5, 0.6) is 11.5 Å². The van der Waals surface area contributed by atoms with Gasteiger partial charge >= 0.3 is 0 Å². The zero-order valence-electron chi connectivity index (χ0n) is 19.5. The third kappa shape index (κ3) is 4.38. The second-order valence-electron chi connectivity index (χ2n) is 8.48. The van der Waals surface area contributed by atoms with E-state index in [-0.39, 0.29) is 12.2 Å². The second kappa shape index (κ2) is 9.87. The molecule has 0 spiro atoms. The average molecular weight is 464 g/mol. The van der Waals surface area contributed by atoms with E-state index in [1.165, 1.54) is 0 Å². The summed E-state index contributed by atoms with van der Waals surface area (Å²) in [4.78, 5) is 15.7. The van der Waals surface area contributed by atoms with Crippen LogP contribution in [0, 0.1) is 5.92 Å². The Hall–Kier alpha value is -3.36. The average Bonchev–Trinajstić information content (AvgIpc) is 3.59. The topological polar surface area (TPSA) is 75.1 Å². The Balaban J connectivity index is 1.49. The van der Waals surface area contributed by atoms with Crippen LogP contribution in [0.4, 0.5) is 0 Å². The van der Waals surface area contributed by atoms with Crippen LogP contribution in [0.15, 0.2) is 54.7 Å². The lowest BCUT2D eigenvalue weighted by molar-refractivity contribution is -0.0956. The lowest BCUT2D eigenvalue weighted by atomic mass is 9.95. The predicted octanol–water partition coefficient (Wildman–Crippen LogP) is 3.78. The van der Waals surface area contributed by atoms with E-state index in [1.54, 1.807) is 25.1 Å². The standard InChI is InChI=1S/C26H29N3O5/c1-31-20-8-9-23(32-2)21(16-20)24-22(17-29(27-24)19-6-4-3-5-7-19)25(30)28-12-10-18(11-13-28)26-33-14-15-34-26/h3-9,16-18,26H,10-15H2,1-2H3. The fraction of sp³-hybridized carbons (Fsp3) is 0.385. The number of amides is 1. The van der Waals surface area contributed by atoms with Crippen LogP contribution in [0.1, 0.15) is 23.2 Å². The molecule has 3 heterocycles. The number of aromatic nitrogens is 2. The monoisotopic (exact) mass is 463 g/mol. The largest absolute Gasteiger partial charge is 0.497 e. The number of piperidine rings is 1. The number of likely N-dealkylation sites (tertiary alicyclic amines) is 1. The maximum Gasteiger partial charge on any atom is 0.257 e. The molecule has 0 atom stereocenters. The molecule has 34 heavy (non-hydrogen) atoms. The van der Waals surface area contributed by atoms with Crippen molar-refractivity contribution >= 4 is 5.91 Å². The first-order valence-electron chi connectivity index (χ1n) is 11.6. The lowest BCUT2D eigenvalue weighted by Gasteiger charge is -2.33. The predicted molar refractivity (Wildman–Crippen MR) is 126 cm³/mol. The molecule has 2 saturated heterocycles. The summed E-state index contributed by atoms with van der Waals surface area (Å²) in [5.41, 5.74) is 2.68. The highest BCUT2D eigenvalue weighted by molar-refractivity contribution is 6.00. The van der Waals surface area contributed by atoms with Gasteiger partial charge in [-0.2, -0.15) is 5.10 Å². The van der Waals surface area contributed by atoms with Crippen molar-refractivity contribution in [1.82, 2.24) is 14.7 Å². The summed E-state index contributed by atoms with van der Waals surface area (Å²) in [5, 5.41) is 4.82. The third-order valence-corrected chi connectivity index (χ3v) is 6.49. The van der Waals surface area contributed by atoms with E-state index in [2.05, 4.69) is 0 Å². The summed E-state index contributed by atoms with van der Waals surface area (Å²) < 4.78 is 24.2. The van der Waals surface area contributed by atoms with Crippen LogP contribution in [-0.2, 0) is 9.47 Å². The van der Waals surface area contributed by atoms with Gasteiger partial charge < -0.3 is 23.8 Å². The van der Waals surface area contributed by atoms with E-state index in [0.29, 0.717) is 60.5 Å². The van der Waals surface area contributed by atoms with Crippen LogP contribution < -0.4 is 9.47 Å². The SMILES string of the molecule is COc1ccc(OC)c(-c2nn(-c3ccccc3)cc2C(=O)N2CCC(C3OCCO3)CC2)c1. The van der Waals surface area contributed by atoms with Crippen LogP contribution in [0.25, 0.3) is 16.9 Å². The molecule has 3 aromatic rings. The number of ether oxygens (including phenoxy) is 4. The molecule has 2 aliphatic heterocycles. The van der Waals surface area contributed by atoms with Crippen molar-refractivity contribution in [3.05, 3.63) is 60.3 Å². The van der Waals surface area contributed by atoms with E-state index in [0.717, 1.165) is 18.5 Å². The van der Waals surface area contributed by atoms with Crippen LogP contribution in [0.3, 0.4) is 0 Å². The smallest absolute Gasteiger partial charge is 0.257 e. The highest BCUT2D eigenvalue weighted by atomic mass is 16.7. The van der Waals surface area contributed by atoms with Crippen LogP contribution in [-0.4, -0.2) is 67.4 Å². The van der Waals surface area contributed by atoms with Crippen molar-refractivity contribution in [2.75, 3.05) is 40.5 Å². The van der Waals surface area contributed by atoms with Gasteiger partial charge in [-0.05, 0) is 43.2 Å². The van der Waals surface area contributed by atoms with Gasteiger partial charge in [0, 0.05) is 30.8 Å². The molecule has 0 bridgehead atoms. The Labute approximate surface area is 199 Å². The zero-order valence-corrected chi connectivity index (χ0v) is 19.5. The number of hydrogen-bond donors (Lipinski definition) is 0.